The number of likely N-dealkylation sites (tertiary alicyclic amines) is 3. The molecule has 6 heteroatoms. The fraction of sp³-hybridized carbons (Fsp3) is 0.636. The predicted molar refractivity (Wildman–Crippen MR) is 105 cm³/mol. The normalized spacial score (nSPS) is 29.0. The number of carbonyl (C=O) groups is 2. The molecule has 3 saturated heterocycles. The Morgan fingerprint density at radius 3 is 2.36 bits per heavy atom. The van der Waals surface area contributed by atoms with E-state index in [0.29, 0.717) is 25.7 Å². The molecule has 0 aliphatic carbocycles. The van der Waals surface area contributed by atoms with Crippen molar-refractivity contribution in [1.82, 2.24) is 14.7 Å². The van der Waals surface area contributed by atoms with E-state index in [4.69, 9.17) is 0 Å². The van der Waals surface area contributed by atoms with Crippen LogP contribution >= 0.6 is 0 Å². The number of piperidine rings is 2. The molecule has 3 fully saturated rings. The summed E-state index contributed by atoms with van der Waals surface area (Å²) in [6.07, 6.45) is 3.64. The second-order valence-corrected chi connectivity index (χ2v) is 8.61. The van der Waals surface area contributed by atoms with Crippen LogP contribution in [0.3, 0.4) is 0 Å². The first-order valence-corrected chi connectivity index (χ1v) is 10.5. The molecular weight excluding hydrogens is 357 g/mol. The summed E-state index contributed by atoms with van der Waals surface area (Å²) in [4.78, 5) is 31.3. The topological polar surface area (TPSA) is 43.9 Å². The van der Waals surface area contributed by atoms with Gasteiger partial charge in [-0.2, -0.15) is 0 Å². The number of likely N-dealkylation sites (N-methyl/N-ethyl adjacent to an activating group) is 1. The van der Waals surface area contributed by atoms with Crippen LogP contribution in [-0.2, 0) is 9.59 Å². The molecule has 3 atom stereocenters. The van der Waals surface area contributed by atoms with Gasteiger partial charge in [0.15, 0.2) is 0 Å². The van der Waals surface area contributed by atoms with Crippen molar-refractivity contribution in [3.05, 3.63) is 35.6 Å². The zero-order valence-electron chi connectivity index (χ0n) is 16.8. The molecule has 5 nitrogen and oxygen atoms in total. The summed E-state index contributed by atoms with van der Waals surface area (Å²) in [5, 5.41) is 0. The number of nitrogens with zero attached hydrogens (tertiary/aromatic N) is 3. The van der Waals surface area contributed by atoms with Gasteiger partial charge in [-0.1, -0.05) is 12.1 Å². The van der Waals surface area contributed by atoms with Crippen molar-refractivity contribution in [1.29, 1.82) is 0 Å². The Morgan fingerprint density at radius 2 is 1.71 bits per heavy atom. The summed E-state index contributed by atoms with van der Waals surface area (Å²) >= 11 is 0. The third-order valence-electron chi connectivity index (χ3n) is 6.99. The summed E-state index contributed by atoms with van der Waals surface area (Å²) in [5.74, 6) is 0.351. The van der Waals surface area contributed by atoms with Crippen molar-refractivity contribution >= 4 is 11.8 Å². The van der Waals surface area contributed by atoms with E-state index in [1.807, 2.05) is 17.0 Å². The summed E-state index contributed by atoms with van der Waals surface area (Å²) in [7, 11) is 2.15. The first-order valence-electron chi connectivity index (χ1n) is 10.5. The number of benzene rings is 1. The lowest BCUT2D eigenvalue weighted by Gasteiger charge is -2.40. The van der Waals surface area contributed by atoms with Crippen molar-refractivity contribution in [3.63, 3.8) is 0 Å². The maximum absolute atomic E-state index is 13.4. The molecule has 3 heterocycles. The van der Waals surface area contributed by atoms with Gasteiger partial charge in [0, 0.05) is 50.5 Å². The van der Waals surface area contributed by atoms with Crippen molar-refractivity contribution in [3.8, 4) is 0 Å². The first kappa shape index (κ1) is 19.4. The first-order chi connectivity index (χ1) is 13.5. The Labute approximate surface area is 166 Å². The van der Waals surface area contributed by atoms with E-state index in [9.17, 15) is 14.0 Å². The van der Waals surface area contributed by atoms with Gasteiger partial charge in [-0.05, 0) is 57.0 Å². The van der Waals surface area contributed by atoms with Gasteiger partial charge in [-0.3, -0.25) is 9.59 Å². The number of rotatable bonds is 2. The van der Waals surface area contributed by atoms with Crippen molar-refractivity contribution in [2.45, 2.75) is 50.6 Å². The summed E-state index contributed by atoms with van der Waals surface area (Å²) in [6.45, 7) is 4.69. The van der Waals surface area contributed by atoms with Crippen molar-refractivity contribution < 1.29 is 14.0 Å². The van der Waals surface area contributed by atoms with Gasteiger partial charge in [-0.25, -0.2) is 4.39 Å². The minimum Gasteiger partial charge on any atom is -0.343 e. The second-order valence-electron chi connectivity index (χ2n) is 8.61. The zero-order valence-corrected chi connectivity index (χ0v) is 16.8. The largest absolute Gasteiger partial charge is 0.343 e. The van der Waals surface area contributed by atoms with Gasteiger partial charge in [-0.15, -0.1) is 0 Å². The van der Waals surface area contributed by atoms with Crippen LogP contribution in [0.15, 0.2) is 24.3 Å². The third kappa shape index (κ3) is 3.54. The van der Waals surface area contributed by atoms with Gasteiger partial charge >= 0.3 is 0 Å². The highest BCUT2D eigenvalue weighted by Crippen LogP contribution is 2.40. The van der Waals surface area contributed by atoms with Gasteiger partial charge < -0.3 is 14.7 Å². The predicted octanol–water partition coefficient (Wildman–Crippen LogP) is 2.47. The summed E-state index contributed by atoms with van der Waals surface area (Å²) in [6, 6.07) is 7.31. The Kier molecular flexibility index (Phi) is 5.41. The molecular formula is C22H30FN3O2. The quantitative estimate of drug-likeness (QED) is 0.783. The molecule has 1 aromatic rings. The average molecular weight is 387 g/mol. The fourth-order valence-electron chi connectivity index (χ4n) is 5.48. The summed E-state index contributed by atoms with van der Waals surface area (Å²) in [5.41, 5.74) is 1.12. The summed E-state index contributed by atoms with van der Waals surface area (Å²) < 4.78 is 13.4. The van der Waals surface area contributed by atoms with Crippen molar-refractivity contribution in [2.75, 3.05) is 33.2 Å². The van der Waals surface area contributed by atoms with Crippen LogP contribution in [0.4, 0.5) is 4.39 Å². The molecule has 0 radical (unpaired) electrons. The molecule has 0 unspecified atom stereocenters. The molecule has 2 amide bonds. The zero-order chi connectivity index (χ0) is 19.8. The molecule has 0 spiro atoms. The number of hydrogen-bond acceptors (Lipinski definition) is 3. The van der Waals surface area contributed by atoms with Crippen LogP contribution in [0.2, 0.25) is 0 Å². The molecule has 0 saturated carbocycles. The Balaban J connectivity index is 1.53. The van der Waals surface area contributed by atoms with Crippen LogP contribution < -0.4 is 0 Å². The maximum Gasteiger partial charge on any atom is 0.226 e. The van der Waals surface area contributed by atoms with Crippen LogP contribution in [0.25, 0.3) is 0 Å². The minimum atomic E-state index is -0.222. The lowest BCUT2D eigenvalue weighted by Crippen LogP contribution is -2.52. The van der Waals surface area contributed by atoms with Crippen LogP contribution in [0, 0.1) is 11.7 Å². The highest BCUT2D eigenvalue weighted by Gasteiger charge is 2.48. The van der Waals surface area contributed by atoms with E-state index in [1.54, 1.807) is 6.92 Å². The van der Waals surface area contributed by atoms with E-state index < -0.39 is 0 Å². The van der Waals surface area contributed by atoms with E-state index in [0.717, 1.165) is 37.8 Å². The number of halogens is 1. The van der Waals surface area contributed by atoms with Crippen molar-refractivity contribution in [2.24, 2.45) is 5.92 Å². The molecule has 0 aromatic heterocycles. The lowest BCUT2D eigenvalue weighted by molar-refractivity contribution is -0.141. The maximum atomic E-state index is 13.4. The fourth-order valence-corrected chi connectivity index (χ4v) is 5.48. The number of fused-ring (bicyclic) bond motifs is 1. The SMILES string of the molecule is CC(=O)N1CCC(C(=O)N2C[C@H](c3ccc(F)cc3)[C@@H]3[C@H]2CCCN3C)CC1. The van der Waals surface area contributed by atoms with Crippen LogP contribution in [0.1, 0.15) is 44.1 Å². The van der Waals surface area contributed by atoms with Gasteiger partial charge in [0.25, 0.3) is 0 Å². The van der Waals surface area contributed by atoms with Gasteiger partial charge in [0.05, 0.1) is 0 Å². The third-order valence-corrected chi connectivity index (χ3v) is 6.99. The molecule has 28 heavy (non-hydrogen) atoms. The molecule has 1 aromatic carbocycles. The second kappa shape index (κ2) is 7.82. The highest BCUT2D eigenvalue weighted by molar-refractivity contribution is 5.80. The lowest BCUT2D eigenvalue weighted by atomic mass is 9.86. The Morgan fingerprint density at radius 1 is 1.04 bits per heavy atom. The molecule has 3 aliphatic heterocycles. The molecule has 3 aliphatic rings. The van der Waals surface area contributed by atoms with E-state index in [1.165, 1.54) is 12.1 Å². The van der Waals surface area contributed by atoms with Gasteiger partial charge in [0.1, 0.15) is 5.82 Å². The highest BCUT2D eigenvalue weighted by atomic mass is 19.1. The van der Waals surface area contributed by atoms with E-state index in [2.05, 4.69) is 16.8 Å². The minimum absolute atomic E-state index is 0.00968. The number of hydrogen-bond donors (Lipinski definition) is 0. The molecule has 4 rings (SSSR count). The van der Waals surface area contributed by atoms with Gasteiger partial charge in [0.2, 0.25) is 11.8 Å². The average Bonchev–Trinajstić information content (AvgIpc) is 3.09. The smallest absolute Gasteiger partial charge is 0.226 e. The molecule has 152 valence electrons. The van der Waals surface area contributed by atoms with Crippen LogP contribution in [-0.4, -0.2) is 71.8 Å². The number of carbonyl (C=O) groups excluding carboxylic acids is 2. The molecule has 0 bridgehead atoms. The van der Waals surface area contributed by atoms with Crippen LogP contribution in [0.5, 0.6) is 0 Å². The standard InChI is InChI=1S/C22H30FN3O2/c1-15(27)25-12-9-17(10-13-25)22(28)26-14-19(16-5-7-18(23)8-6-16)21-20(26)4-3-11-24(21)2/h5-8,17,19-21H,3-4,9-14H2,1-2H3/t19-,20-,21-/m1/s1. The van der Waals surface area contributed by atoms with E-state index >= 15 is 0 Å². The Hall–Kier alpha value is -1.95. The Bertz CT molecular complexity index is 730. The monoisotopic (exact) mass is 387 g/mol. The number of amides is 2. The molecule has 0 N–H and O–H groups in total. The van der Waals surface area contributed by atoms with E-state index in [-0.39, 0.29) is 35.5 Å².